The van der Waals surface area contributed by atoms with Crippen LogP contribution in [0.3, 0.4) is 0 Å². The van der Waals surface area contributed by atoms with Crippen LogP contribution >= 0.6 is 11.3 Å². The fourth-order valence-electron chi connectivity index (χ4n) is 2.09. The summed E-state index contributed by atoms with van der Waals surface area (Å²) in [6.07, 6.45) is 0. The second kappa shape index (κ2) is 5.57. The first-order valence-electron chi connectivity index (χ1n) is 6.59. The molecule has 0 aliphatic heterocycles. The summed E-state index contributed by atoms with van der Waals surface area (Å²) in [7, 11) is 0. The smallest absolute Gasteiger partial charge is 0.270 e. The highest BCUT2D eigenvalue weighted by atomic mass is 32.1. The molecule has 0 atom stereocenters. The molecule has 0 radical (unpaired) electrons. The van der Waals surface area contributed by atoms with Crippen LogP contribution in [0, 0.1) is 17.0 Å². The van der Waals surface area contributed by atoms with E-state index in [1.165, 1.54) is 23.5 Å². The standard InChI is InChI=1S/C16H12N2O3S/c1-10-2-4-12(5-3-10)17-16(19)15-9-11-8-13(18(20)21)6-7-14(11)22-15/h2-9H,1H3,(H,17,19). The van der Waals surface area contributed by atoms with E-state index in [1.54, 1.807) is 12.1 Å². The molecule has 0 aliphatic carbocycles. The van der Waals surface area contributed by atoms with Gasteiger partial charge in [-0.15, -0.1) is 11.3 Å². The van der Waals surface area contributed by atoms with Crippen molar-refractivity contribution in [2.75, 3.05) is 5.32 Å². The lowest BCUT2D eigenvalue weighted by atomic mass is 10.2. The van der Waals surface area contributed by atoms with E-state index in [0.29, 0.717) is 10.3 Å². The quantitative estimate of drug-likeness (QED) is 0.576. The van der Waals surface area contributed by atoms with Gasteiger partial charge in [0, 0.05) is 27.9 Å². The van der Waals surface area contributed by atoms with Crippen LogP contribution in [-0.4, -0.2) is 10.8 Å². The van der Waals surface area contributed by atoms with Crippen LogP contribution in [-0.2, 0) is 0 Å². The third-order valence-corrected chi connectivity index (χ3v) is 4.36. The Hall–Kier alpha value is -2.73. The van der Waals surface area contributed by atoms with E-state index in [0.717, 1.165) is 16.0 Å². The van der Waals surface area contributed by atoms with Gasteiger partial charge in [-0.05, 0) is 31.2 Å². The molecule has 0 saturated heterocycles. The molecule has 0 fully saturated rings. The van der Waals surface area contributed by atoms with Crippen LogP contribution in [0.5, 0.6) is 0 Å². The van der Waals surface area contributed by atoms with E-state index < -0.39 is 4.92 Å². The lowest BCUT2D eigenvalue weighted by Crippen LogP contribution is -2.09. The van der Waals surface area contributed by atoms with E-state index in [9.17, 15) is 14.9 Å². The van der Waals surface area contributed by atoms with Crippen molar-refractivity contribution in [3.05, 3.63) is 69.1 Å². The summed E-state index contributed by atoms with van der Waals surface area (Å²) in [6.45, 7) is 1.98. The van der Waals surface area contributed by atoms with Crippen LogP contribution in [0.1, 0.15) is 15.2 Å². The Balaban J connectivity index is 1.87. The Morgan fingerprint density at radius 3 is 2.55 bits per heavy atom. The van der Waals surface area contributed by atoms with Gasteiger partial charge >= 0.3 is 0 Å². The monoisotopic (exact) mass is 312 g/mol. The highest BCUT2D eigenvalue weighted by Crippen LogP contribution is 2.29. The average Bonchev–Trinajstić information content (AvgIpc) is 2.92. The number of thiophene rings is 1. The number of fused-ring (bicyclic) bond motifs is 1. The molecule has 0 bridgehead atoms. The van der Waals surface area contributed by atoms with Crippen molar-refractivity contribution >= 4 is 38.7 Å². The van der Waals surface area contributed by atoms with Gasteiger partial charge in [-0.25, -0.2) is 0 Å². The summed E-state index contributed by atoms with van der Waals surface area (Å²) in [5, 5.41) is 14.3. The Morgan fingerprint density at radius 1 is 1.14 bits per heavy atom. The number of carbonyl (C=O) groups is 1. The summed E-state index contributed by atoms with van der Waals surface area (Å²) in [4.78, 5) is 23.1. The van der Waals surface area contributed by atoms with Gasteiger partial charge in [-0.1, -0.05) is 17.7 Å². The highest BCUT2D eigenvalue weighted by Gasteiger charge is 2.13. The van der Waals surface area contributed by atoms with E-state index in [-0.39, 0.29) is 11.6 Å². The molecule has 110 valence electrons. The van der Waals surface area contributed by atoms with Gasteiger partial charge in [0.15, 0.2) is 0 Å². The first-order valence-corrected chi connectivity index (χ1v) is 7.40. The number of aryl methyl sites for hydroxylation is 1. The minimum absolute atomic E-state index is 0.0239. The maximum absolute atomic E-state index is 12.3. The molecule has 22 heavy (non-hydrogen) atoms. The molecule has 3 aromatic rings. The maximum Gasteiger partial charge on any atom is 0.270 e. The number of nitro groups is 1. The molecule has 5 nitrogen and oxygen atoms in total. The van der Waals surface area contributed by atoms with Crippen molar-refractivity contribution in [3.8, 4) is 0 Å². The average molecular weight is 312 g/mol. The molecule has 1 aromatic heterocycles. The number of benzene rings is 2. The first-order chi connectivity index (χ1) is 10.5. The van der Waals surface area contributed by atoms with Gasteiger partial charge in [-0.2, -0.15) is 0 Å². The summed E-state index contributed by atoms with van der Waals surface area (Å²) >= 11 is 1.31. The largest absolute Gasteiger partial charge is 0.321 e. The molecule has 1 N–H and O–H groups in total. The molecular formula is C16H12N2O3S. The molecule has 0 unspecified atom stereocenters. The van der Waals surface area contributed by atoms with Crippen LogP contribution in [0.4, 0.5) is 11.4 Å². The van der Waals surface area contributed by atoms with Crippen molar-refractivity contribution in [2.24, 2.45) is 0 Å². The zero-order valence-electron chi connectivity index (χ0n) is 11.7. The van der Waals surface area contributed by atoms with Crippen molar-refractivity contribution in [1.82, 2.24) is 0 Å². The second-order valence-electron chi connectivity index (χ2n) is 4.91. The van der Waals surface area contributed by atoms with E-state index in [1.807, 2.05) is 31.2 Å². The number of carbonyl (C=O) groups excluding carboxylic acids is 1. The van der Waals surface area contributed by atoms with E-state index in [4.69, 9.17) is 0 Å². The predicted octanol–water partition coefficient (Wildman–Crippen LogP) is 4.37. The fourth-order valence-corrected chi connectivity index (χ4v) is 3.02. The number of hydrogen-bond acceptors (Lipinski definition) is 4. The molecule has 0 aliphatic rings. The fraction of sp³-hybridized carbons (Fsp3) is 0.0625. The summed E-state index contributed by atoms with van der Waals surface area (Å²) in [5.41, 5.74) is 1.86. The lowest BCUT2D eigenvalue weighted by Gasteiger charge is -2.03. The molecule has 1 heterocycles. The third-order valence-electron chi connectivity index (χ3n) is 3.24. The van der Waals surface area contributed by atoms with E-state index in [2.05, 4.69) is 5.32 Å². The Morgan fingerprint density at radius 2 is 1.86 bits per heavy atom. The Bertz CT molecular complexity index is 869. The van der Waals surface area contributed by atoms with Crippen molar-refractivity contribution < 1.29 is 9.72 Å². The zero-order valence-corrected chi connectivity index (χ0v) is 12.5. The van der Waals surface area contributed by atoms with Gasteiger partial charge in [0.1, 0.15) is 0 Å². The number of nitrogens with zero attached hydrogens (tertiary/aromatic N) is 1. The SMILES string of the molecule is Cc1ccc(NC(=O)c2cc3cc([N+](=O)[O-])ccc3s2)cc1. The van der Waals surface area contributed by atoms with Crippen molar-refractivity contribution in [2.45, 2.75) is 6.92 Å². The molecule has 0 spiro atoms. The number of amides is 1. The normalized spacial score (nSPS) is 10.6. The first kappa shape index (κ1) is 14.2. The zero-order chi connectivity index (χ0) is 15.7. The van der Waals surface area contributed by atoms with Gasteiger partial charge in [0.25, 0.3) is 11.6 Å². The highest BCUT2D eigenvalue weighted by molar-refractivity contribution is 7.20. The third kappa shape index (κ3) is 2.82. The molecule has 2 aromatic carbocycles. The summed E-state index contributed by atoms with van der Waals surface area (Å²) in [5.74, 6) is -0.215. The number of hydrogen-bond donors (Lipinski definition) is 1. The maximum atomic E-state index is 12.3. The molecule has 6 heteroatoms. The minimum atomic E-state index is -0.441. The number of non-ortho nitro benzene ring substituents is 1. The van der Waals surface area contributed by atoms with Crippen LogP contribution < -0.4 is 5.32 Å². The molecule has 1 amide bonds. The number of nitro benzene ring substituents is 1. The Labute approximate surface area is 130 Å². The van der Waals surface area contributed by atoms with Gasteiger partial charge in [-0.3, -0.25) is 14.9 Å². The van der Waals surface area contributed by atoms with Crippen molar-refractivity contribution in [3.63, 3.8) is 0 Å². The van der Waals surface area contributed by atoms with Gasteiger partial charge < -0.3 is 5.32 Å². The Kier molecular flexibility index (Phi) is 3.60. The summed E-state index contributed by atoms with van der Waals surface area (Å²) in [6, 6.07) is 13.8. The topological polar surface area (TPSA) is 72.2 Å². The number of nitrogens with one attached hydrogen (secondary N) is 1. The van der Waals surface area contributed by atoms with Gasteiger partial charge in [0.05, 0.1) is 9.80 Å². The van der Waals surface area contributed by atoms with Gasteiger partial charge in [0.2, 0.25) is 0 Å². The second-order valence-corrected chi connectivity index (χ2v) is 5.99. The van der Waals surface area contributed by atoms with Crippen molar-refractivity contribution in [1.29, 1.82) is 0 Å². The number of rotatable bonds is 3. The molecule has 0 saturated carbocycles. The number of anilines is 1. The molecule has 3 rings (SSSR count). The lowest BCUT2D eigenvalue weighted by molar-refractivity contribution is -0.384. The summed E-state index contributed by atoms with van der Waals surface area (Å²) < 4.78 is 0.847. The van der Waals surface area contributed by atoms with E-state index >= 15 is 0 Å². The van der Waals surface area contributed by atoms with Crippen LogP contribution in [0.25, 0.3) is 10.1 Å². The van der Waals surface area contributed by atoms with Crippen LogP contribution in [0.2, 0.25) is 0 Å². The molecular weight excluding hydrogens is 300 g/mol. The van der Waals surface area contributed by atoms with Crippen LogP contribution in [0.15, 0.2) is 48.5 Å². The predicted molar refractivity (Wildman–Crippen MR) is 87.6 cm³/mol. The minimum Gasteiger partial charge on any atom is -0.321 e.